The fourth-order valence-corrected chi connectivity index (χ4v) is 4.55. The lowest BCUT2D eigenvalue weighted by Crippen LogP contribution is -2.66. The third kappa shape index (κ3) is 7.26. The fourth-order valence-electron chi connectivity index (χ4n) is 3.63. The molecule has 0 saturated carbocycles. The van der Waals surface area contributed by atoms with Gasteiger partial charge in [0.25, 0.3) is 10.1 Å². The predicted octanol–water partition coefficient (Wildman–Crippen LogP) is -1.06. The molecule has 1 aromatic carbocycles. The Hall–Kier alpha value is -1.97. The number of hydrogen-bond donors (Lipinski definition) is 5. The second-order valence-corrected chi connectivity index (χ2v) is 9.87. The van der Waals surface area contributed by atoms with Crippen molar-refractivity contribution in [2.75, 3.05) is 20.3 Å². The van der Waals surface area contributed by atoms with Gasteiger partial charge in [-0.05, 0) is 26.0 Å². The van der Waals surface area contributed by atoms with E-state index in [4.69, 9.17) is 13.7 Å². The van der Waals surface area contributed by atoms with Crippen molar-refractivity contribution in [3.8, 4) is 0 Å². The number of carbonyl (C=O) groups excluding carboxylic acids is 1. The van der Waals surface area contributed by atoms with Crippen LogP contribution < -0.4 is 5.32 Å². The Kier molecular flexibility index (Phi) is 9.68. The number of aryl methyl sites for hydroxylation is 1. The van der Waals surface area contributed by atoms with Gasteiger partial charge in [-0.3, -0.25) is 13.8 Å². The smallest absolute Gasteiger partial charge is 0.308 e. The van der Waals surface area contributed by atoms with Gasteiger partial charge in [0.2, 0.25) is 0 Å². The van der Waals surface area contributed by atoms with Gasteiger partial charge in [-0.1, -0.05) is 17.7 Å². The second-order valence-electron chi connectivity index (χ2n) is 8.26. The first-order valence-electron chi connectivity index (χ1n) is 10.5. The van der Waals surface area contributed by atoms with E-state index in [1.807, 2.05) is 0 Å². The van der Waals surface area contributed by atoms with Gasteiger partial charge in [0.1, 0.15) is 24.1 Å². The number of carboxylic acids is 1. The highest BCUT2D eigenvalue weighted by molar-refractivity contribution is 7.86. The molecule has 1 aliphatic rings. The number of hydrogen-bond acceptors (Lipinski definition) is 11. The third-order valence-corrected chi connectivity index (χ3v) is 6.75. The third-order valence-electron chi connectivity index (χ3n) is 5.45. The topological polar surface area (TPSA) is 189 Å². The number of carbonyl (C=O) groups is 2. The van der Waals surface area contributed by atoms with Crippen LogP contribution in [0.15, 0.2) is 29.2 Å². The van der Waals surface area contributed by atoms with E-state index in [1.165, 1.54) is 19.1 Å². The van der Waals surface area contributed by atoms with E-state index in [1.54, 1.807) is 19.1 Å². The Morgan fingerprint density at radius 1 is 1.26 bits per heavy atom. The van der Waals surface area contributed by atoms with Crippen molar-refractivity contribution in [2.24, 2.45) is 0 Å². The number of nitrogens with one attached hydrogen (secondary N) is 1. The Morgan fingerprint density at radius 3 is 2.41 bits per heavy atom. The van der Waals surface area contributed by atoms with E-state index in [0.717, 1.165) is 12.7 Å². The summed E-state index contributed by atoms with van der Waals surface area (Å²) in [5.41, 5.74) is 0.828. The van der Waals surface area contributed by atoms with Crippen molar-refractivity contribution in [1.82, 2.24) is 5.32 Å². The zero-order chi connectivity index (χ0) is 25.7. The quantitative estimate of drug-likeness (QED) is 0.217. The molecule has 192 valence electrons. The highest BCUT2D eigenvalue weighted by Gasteiger charge is 2.51. The molecule has 1 saturated heterocycles. The number of aliphatic hydroxyl groups excluding tert-OH is 3. The van der Waals surface area contributed by atoms with Crippen LogP contribution in [0.1, 0.15) is 25.3 Å². The lowest BCUT2D eigenvalue weighted by molar-refractivity contribution is -0.312. The van der Waals surface area contributed by atoms with E-state index >= 15 is 0 Å². The second kappa shape index (κ2) is 11.6. The molecule has 0 aromatic heterocycles. The molecule has 5 N–H and O–H groups in total. The maximum atomic E-state index is 12.4. The van der Waals surface area contributed by atoms with Crippen molar-refractivity contribution in [2.45, 2.75) is 67.8 Å². The first kappa shape index (κ1) is 28.3. The summed E-state index contributed by atoms with van der Waals surface area (Å²) in [6, 6.07) is 4.68. The molecule has 6 atom stereocenters. The minimum absolute atomic E-state index is 0.148. The van der Waals surface area contributed by atoms with Gasteiger partial charge in [0.05, 0.1) is 36.6 Å². The van der Waals surface area contributed by atoms with Gasteiger partial charge in [0.15, 0.2) is 5.79 Å². The Bertz CT molecular complexity index is 952. The molecule has 1 unspecified atom stereocenters. The molecule has 1 aromatic rings. The summed E-state index contributed by atoms with van der Waals surface area (Å²) in [4.78, 5) is 22.6. The molecular formula is C21H31NO11S. The number of methoxy groups -OCH3 is 1. The number of Topliss-reactive ketones (excluding diaryl/α,β-unsaturated/α-hetero) is 1. The number of ketones is 1. The first-order chi connectivity index (χ1) is 15.8. The molecule has 34 heavy (non-hydrogen) atoms. The van der Waals surface area contributed by atoms with Gasteiger partial charge >= 0.3 is 5.97 Å². The maximum Gasteiger partial charge on any atom is 0.308 e. The molecule has 0 amide bonds. The molecule has 1 aliphatic heterocycles. The van der Waals surface area contributed by atoms with Crippen molar-refractivity contribution >= 4 is 21.9 Å². The molecule has 1 fully saturated rings. The number of aliphatic carboxylic acids is 1. The van der Waals surface area contributed by atoms with Crippen LogP contribution in [0.2, 0.25) is 0 Å². The van der Waals surface area contributed by atoms with Gasteiger partial charge in [-0.2, -0.15) is 8.42 Å². The molecular weight excluding hydrogens is 474 g/mol. The van der Waals surface area contributed by atoms with Crippen LogP contribution in [0.5, 0.6) is 0 Å². The summed E-state index contributed by atoms with van der Waals surface area (Å²) >= 11 is 0. The molecule has 0 spiro atoms. The number of benzene rings is 1. The van der Waals surface area contributed by atoms with Gasteiger partial charge in [-0.15, -0.1) is 0 Å². The molecule has 0 aliphatic carbocycles. The highest BCUT2D eigenvalue weighted by atomic mass is 32.2. The lowest BCUT2D eigenvalue weighted by atomic mass is 9.87. The van der Waals surface area contributed by atoms with Gasteiger partial charge in [0, 0.05) is 13.5 Å². The van der Waals surface area contributed by atoms with Crippen molar-refractivity contribution in [3.63, 3.8) is 0 Å². The summed E-state index contributed by atoms with van der Waals surface area (Å²) in [5.74, 6) is -3.42. The monoisotopic (exact) mass is 505 g/mol. The van der Waals surface area contributed by atoms with Crippen LogP contribution >= 0.6 is 0 Å². The van der Waals surface area contributed by atoms with E-state index in [9.17, 15) is 38.4 Å². The number of ether oxygens (including phenoxy) is 2. The molecule has 2 rings (SSSR count). The fraction of sp³-hybridized carbons (Fsp3) is 0.619. The van der Waals surface area contributed by atoms with Crippen molar-refractivity contribution < 1.29 is 52.1 Å². The summed E-state index contributed by atoms with van der Waals surface area (Å²) in [6.45, 7) is 2.00. The van der Waals surface area contributed by atoms with Crippen molar-refractivity contribution in [1.29, 1.82) is 0 Å². The lowest BCUT2D eigenvalue weighted by Gasteiger charge is -2.48. The zero-order valence-electron chi connectivity index (χ0n) is 19.1. The zero-order valence-corrected chi connectivity index (χ0v) is 19.9. The summed E-state index contributed by atoms with van der Waals surface area (Å²) < 4.78 is 40.6. The molecule has 0 bridgehead atoms. The minimum atomic E-state index is -4.25. The minimum Gasteiger partial charge on any atom is -0.481 e. The molecule has 1 heterocycles. The Morgan fingerprint density at radius 2 is 1.88 bits per heavy atom. The van der Waals surface area contributed by atoms with Crippen molar-refractivity contribution in [3.05, 3.63) is 29.8 Å². The number of rotatable bonds is 12. The molecule has 12 nitrogen and oxygen atoms in total. The summed E-state index contributed by atoms with van der Waals surface area (Å²) in [7, 11) is -3.09. The molecule has 13 heteroatoms. The van der Waals surface area contributed by atoms with Crippen LogP contribution in [-0.2, 0) is 33.4 Å². The Labute approximate surface area is 197 Å². The highest BCUT2D eigenvalue weighted by Crippen LogP contribution is 2.35. The standard InChI is InChI=1S/C21H31NO11S/c1-12-4-6-14(7-5-12)34(29,30)32-11-16(25)19(28)20-18(22-10-13(2)23)15(24)8-21(31-3,33-20)9-17(26)27/h4-7,15-16,18-20,22,24-25,28H,8-11H2,1-3H3,(H,26,27)/t15-,16+,18+,19?,20+,21+/m0/s1. The number of aliphatic hydroxyl groups is 3. The van der Waals surface area contributed by atoms with Gasteiger partial charge < -0.3 is 35.2 Å². The van der Waals surface area contributed by atoms with Gasteiger partial charge in [-0.25, -0.2) is 0 Å². The SMILES string of the molecule is CO[C@]1(CC(=O)O)C[C@H](O)[C@@H](NCC(C)=O)[C@H](C(O)[C@H](O)COS(=O)(=O)c2ccc(C)cc2)O1. The van der Waals surface area contributed by atoms with E-state index in [-0.39, 0.29) is 23.6 Å². The van der Waals surface area contributed by atoms with E-state index in [0.29, 0.717) is 0 Å². The average Bonchev–Trinajstić information content (AvgIpc) is 2.75. The predicted molar refractivity (Wildman–Crippen MR) is 116 cm³/mol. The van der Waals surface area contributed by atoms with Crippen LogP contribution in [0.3, 0.4) is 0 Å². The van der Waals surface area contributed by atoms with E-state index < -0.39 is 65.4 Å². The first-order valence-corrected chi connectivity index (χ1v) is 11.9. The summed E-state index contributed by atoms with van der Waals surface area (Å²) in [6.07, 6.45) is -7.48. The average molecular weight is 506 g/mol. The van der Waals surface area contributed by atoms with Crippen LogP contribution in [0.4, 0.5) is 0 Å². The van der Waals surface area contributed by atoms with Crippen LogP contribution in [0.25, 0.3) is 0 Å². The van der Waals surface area contributed by atoms with Crippen LogP contribution in [-0.4, -0.2) is 97.1 Å². The van der Waals surface area contributed by atoms with E-state index in [2.05, 4.69) is 5.32 Å². The largest absolute Gasteiger partial charge is 0.481 e. The van der Waals surface area contributed by atoms with Crippen LogP contribution in [0, 0.1) is 6.92 Å². The number of carboxylic acid groups (broad SMARTS) is 1. The maximum absolute atomic E-state index is 12.4. The normalized spacial score (nSPS) is 27.2. The Balaban J connectivity index is 2.21. The summed E-state index contributed by atoms with van der Waals surface area (Å²) in [5, 5.41) is 43.8. The molecule has 0 radical (unpaired) electrons.